The number of halogens is 1. The van der Waals surface area contributed by atoms with Gasteiger partial charge in [-0.2, -0.15) is 0 Å². The van der Waals surface area contributed by atoms with Gasteiger partial charge in [0, 0.05) is 36.6 Å². The second-order valence-electron chi connectivity index (χ2n) is 6.67. The van der Waals surface area contributed by atoms with E-state index in [0.29, 0.717) is 37.5 Å². The van der Waals surface area contributed by atoms with Crippen LogP contribution in [0.4, 0.5) is 0 Å². The number of carbonyl (C=O) groups excluding carboxylic acids is 2. The highest BCUT2D eigenvalue weighted by Crippen LogP contribution is 2.24. The number of hydrogen-bond acceptors (Lipinski definition) is 3. The lowest BCUT2D eigenvalue weighted by atomic mass is 9.96. The van der Waals surface area contributed by atoms with Crippen molar-refractivity contribution in [2.24, 2.45) is 5.92 Å². The van der Waals surface area contributed by atoms with Crippen molar-refractivity contribution in [2.45, 2.75) is 25.9 Å². The van der Waals surface area contributed by atoms with Crippen molar-refractivity contribution in [1.82, 2.24) is 10.2 Å². The first-order valence-corrected chi connectivity index (χ1v) is 9.36. The van der Waals surface area contributed by atoms with Crippen molar-refractivity contribution < 1.29 is 14.3 Å². The Morgan fingerprint density at radius 2 is 2.07 bits per heavy atom. The first-order valence-electron chi connectivity index (χ1n) is 8.98. The van der Waals surface area contributed by atoms with Crippen molar-refractivity contribution in [3.63, 3.8) is 0 Å². The number of ether oxygens (including phenoxy) is 1. The molecule has 1 aliphatic rings. The topological polar surface area (TPSA) is 58.6 Å². The fraction of sp³-hybridized carbons (Fsp3) is 0.333. The van der Waals surface area contributed by atoms with Gasteiger partial charge in [0.1, 0.15) is 5.75 Å². The zero-order valence-electron chi connectivity index (χ0n) is 15.3. The summed E-state index contributed by atoms with van der Waals surface area (Å²) >= 11 is 5.98. The molecule has 0 aliphatic carbocycles. The number of piperidine rings is 1. The van der Waals surface area contributed by atoms with Crippen molar-refractivity contribution >= 4 is 23.4 Å². The van der Waals surface area contributed by atoms with Crippen LogP contribution in [0.3, 0.4) is 0 Å². The van der Waals surface area contributed by atoms with E-state index in [4.69, 9.17) is 16.3 Å². The zero-order chi connectivity index (χ0) is 19.2. The number of amides is 2. The summed E-state index contributed by atoms with van der Waals surface area (Å²) in [6.07, 6.45) is 0.951. The Kier molecular flexibility index (Phi) is 6.35. The van der Waals surface area contributed by atoms with Crippen LogP contribution in [0.1, 0.15) is 24.0 Å². The van der Waals surface area contributed by atoms with Crippen molar-refractivity contribution in [1.29, 1.82) is 0 Å². The van der Waals surface area contributed by atoms with Gasteiger partial charge in [0.05, 0.1) is 13.0 Å². The molecule has 5 nitrogen and oxygen atoms in total. The Hall–Kier alpha value is -2.53. The van der Waals surface area contributed by atoms with Gasteiger partial charge in [-0.25, -0.2) is 0 Å². The Labute approximate surface area is 164 Å². The minimum Gasteiger partial charge on any atom is -0.496 e. The van der Waals surface area contributed by atoms with Gasteiger partial charge in [-0.15, -0.1) is 0 Å². The molecule has 3 rings (SSSR count). The predicted molar refractivity (Wildman–Crippen MR) is 104 cm³/mol. The number of likely N-dealkylation sites (tertiary alicyclic amines) is 1. The Bertz CT molecular complexity index is 825. The molecule has 1 N–H and O–H groups in total. The third kappa shape index (κ3) is 5.01. The predicted octanol–water partition coefficient (Wildman–Crippen LogP) is 3.40. The van der Waals surface area contributed by atoms with Crippen LogP contribution < -0.4 is 10.1 Å². The monoisotopic (exact) mass is 386 g/mol. The molecule has 0 radical (unpaired) electrons. The number of hydrogen-bond donors (Lipinski definition) is 1. The first kappa shape index (κ1) is 19.2. The third-order valence-corrected chi connectivity index (χ3v) is 5.02. The number of carbonyl (C=O) groups is 2. The molecule has 1 unspecified atom stereocenters. The summed E-state index contributed by atoms with van der Waals surface area (Å²) < 4.78 is 5.37. The standard InChI is InChI=1S/C21H23ClN2O3/c1-27-19-8-3-2-6-16(19)13-24-14-17(9-10-20(24)25)21(26)23-12-15-5-4-7-18(22)11-15/h2-8,11,17H,9-10,12-14H2,1H3,(H,23,26). The SMILES string of the molecule is COc1ccccc1CN1CC(C(=O)NCc2cccc(Cl)c2)CCC1=O. The molecule has 0 saturated carbocycles. The van der Waals surface area contributed by atoms with Crippen LogP contribution in [0.5, 0.6) is 5.75 Å². The molecule has 0 spiro atoms. The number of nitrogens with zero attached hydrogens (tertiary/aromatic N) is 1. The van der Waals surface area contributed by atoms with E-state index in [9.17, 15) is 9.59 Å². The van der Waals surface area contributed by atoms with Crippen LogP contribution in [0, 0.1) is 5.92 Å². The van der Waals surface area contributed by atoms with Crippen LogP contribution in [-0.4, -0.2) is 30.4 Å². The quantitative estimate of drug-likeness (QED) is 0.827. The summed E-state index contributed by atoms with van der Waals surface area (Å²) in [5, 5.41) is 3.60. The van der Waals surface area contributed by atoms with E-state index in [1.54, 1.807) is 18.1 Å². The van der Waals surface area contributed by atoms with Gasteiger partial charge in [-0.1, -0.05) is 41.9 Å². The van der Waals surface area contributed by atoms with Gasteiger partial charge in [0.25, 0.3) is 0 Å². The number of rotatable bonds is 6. The van der Waals surface area contributed by atoms with Crippen LogP contribution in [-0.2, 0) is 22.7 Å². The average Bonchev–Trinajstić information content (AvgIpc) is 2.68. The van der Waals surface area contributed by atoms with Gasteiger partial charge in [0.15, 0.2) is 0 Å². The van der Waals surface area contributed by atoms with Crippen LogP contribution in [0.2, 0.25) is 5.02 Å². The maximum absolute atomic E-state index is 12.6. The molecule has 1 saturated heterocycles. The smallest absolute Gasteiger partial charge is 0.225 e. The van der Waals surface area contributed by atoms with Gasteiger partial charge in [0.2, 0.25) is 11.8 Å². The van der Waals surface area contributed by atoms with Crippen LogP contribution in [0.15, 0.2) is 48.5 Å². The van der Waals surface area contributed by atoms with E-state index in [-0.39, 0.29) is 17.7 Å². The molecule has 27 heavy (non-hydrogen) atoms. The average molecular weight is 387 g/mol. The second-order valence-corrected chi connectivity index (χ2v) is 7.11. The highest BCUT2D eigenvalue weighted by molar-refractivity contribution is 6.30. The Morgan fingerprint density at radius 3 is 2.85 bits per heavy atom. The third-order valence-electron chi connectivity index (χ3n) is 4.78. The molecule has 1 aliphatic heterocycles. The molecule has 142 valence electrons. The lowest BCUT2D eigenvalue weighted by molar-refractivity contribution is -0.139. The van der Waals surface area contributed by atoms with Crippen LogP contribution in [0.25, 0.3) is 0 Å². The van der Waals surface area contributed by atoms with E-state index in [0.717, 1.165) is 16.9 Å². The molecule has 1 fully saturated rings. The molecule has 2 aromatic rings. The highest BCUT2D eigenvalue weighted by atomic mass is 35.5. The summed E-state index contributed by atoms with van der Waals surface area (Å²) in [6, 6.07) is 15.0. The van der Waals surface area contributed by atoms with E-state index >= 15 is 0 Å². The lowest BCUT2D eigenvalue weighted by Gasteiger charge is -2.32. The highest BCUT2D eigenvalue weighted by Gasteiger charge is 2.30. The summed E-state index contributed by atoms with van der Waals surface area (Å²) in [5.41, 5.74) is 1.89. The normalized spacial score (nSPS) is 16.9. The Morgan fingerprint density at radius 1 is 1.26 bits per heavy atom. The van der Waals surface area contributed by atoms with E-state index in [1.807, 2.05) is 42.5 Å². The molecular formula is C21H23ClN2O3. The van der Waals surface area contributed by atoms with E-state index in [1.165, 1.54) is 0 Å². The van der Waals surface area contributed by atoms with Crippen molar-refractivity contribution in [3.05, 3.63) is 64.7 Å². The van der Waals surface area contributed by atoms with E-state index < -0.39 is 0 Å². The molecule has 2 aromatic carbocycles. The largest absolute Gasteiger partial charge is 0.496 e. The number of para-hydroxylation sites is 1. The van der Waals surface area contributed by atoms with Crippen molar-refractivity contribution in [3.8, 4) is 5.75 Å². The molecular weight excluding hydrogens is 364 g/mol. The molecule has 1 heterocycles. The first-order chi connectivity index (χ1) is 13.1. The van der Waals surface area contributed by atoms with E-state index in [2.05, 4.69) is 5.32 Å². The number of benzene rings is 2. The lowest BCUT2D eigenvalue weighted by Crippen LogP contribution is -2.45. The number of nitrogens with one attached hydrogen (secondary N) is 1. The van der Waals surface area contributed by atoms with Gasteiger partial charge in [-0.05, 0) is 30.2 Å². The maximum Gasteiger partial charge on any atom is 0.225 e. The molecule has 0 bridgehead atoms. The molecule has 2 amide bonds. The molecule has 1 atom stereocenters. The fourth-order valence-electron chi connectivity index (χ4n) is 3.30. The van der Waals surface area contributed by atoms with Crippen LogP contribution >= 0.6 is 11.6 Å². The molecule has 0 aromatic heterocycles. The van der Waals surface area contributed by atoms with Gasteiger partial charge >= 0.3 is 0 Å². The summed E-state index contributed by atoms with van der Waals surface area (Å²) in [7, 11) is 1.61. The maximum atomic E-state index is 12.6. The van der Waals surface area contributed by atoms with Gasteiger partial charge in [-0.3, -0.25) is 9.59 Å². The molecule has 6 heteroatoms. The summed E-state index contributed by atoms with van der Waals surface area (Å²) in [5.74, 6) is 0.571. The minimum absolute atomic E-state index is 0.0347. The zero-order valence-corrected chi connectivity index (χ0v) is 16.0. The fourth-order valence-corrected chi connectivity index (χ4v) is 3.51. The summed E-state index contributed by atoms with van der Waals surface area (Å²) in [4.78, 5) is 26.6. The van der Waals surface area contributed by atoms with Gasteiger partial charge < -0.3 is 15.0 Å². The number of methoxy groups -OCH3 is 1. The summed E-state index contributed by atoms with van der Waals surface area (Å²) in [6.45, 7) is 1.29. The minimum atomic E-state index is -0.211. The second kappa shape index (κ2) is 8.91. The van der Waals surface area contributed by atoms with Crippen molar-refractivity contribution in [2.75, 3.05) is 13.7 Å². The Balaban J connectivity index is 1.60.